The molecule has 16 heavy (non-hydrogen) atoms. The minimum atomic E-state index is -4.75. The van der Waals surface area contributed by atoms with Crippen LogP contribution >= 0.6 is 15.9 Å². The van der Waals surface area contributed by atoms with Gasteiger partial charge in [0.15, 0.2) is 0 Å². The molecule has 0 bridgehead atoms. The summed E-state index contributed by atoms with van der Waals surface area (Å²) < 4.78 is 40.0. The van der Waals surface area contributed by atoms with Crippen LogP contribution in [0.2, 0.25) is 0 Å². The topological polar surface area (TPSA) is 29.5 Å². The summed E-state index contributed by atoms with van der Waals surface area (Å²) in [6, 6.07) is 3.62. The molecule has 0 amide bonds. The van der Waals surface area contributed by atoms with E-state index in [1.54, 1.807) is 0 Å². The maximum absolute atomic E-state index is 11.9. The molecule has 0 aliphatic heterocycles. The van der Waals surface area contributed by atoms with Crippen LogP contribution in [0.25, 0.3) is 0 Å². The lowest BCUT2D eigenvalue weighted by Gasteiger charge is -2.13. The van der Waals surface area contributed by atoms with E-state index in [2.05, 4.69) is 27.2 Å². The Balaban J connectivity index is 3.03. The third-order valence-electron chi connectivity index (χ3n) is 1.74. The van der Waals surface area contributed by atoms with Crippen molar-refractivity contribution in [3.05, 3.63) is 40.9 Å². The molecule has 0 fully saturated rings. The number of aliphatic hydroxyl groups excluding tert-OH is 1. The molecule has 1 atom stereocenters. The van der Waals surface area contributed by atoms with Crippen molar-refractivity contribution in [1.29, 1.82) is 0 Å². The molecule has 0 aromatic heterocycles. The van der Waals surface area contributed by atoms with E-state index in [0.717, 1.165) is 12.1 Å². The van der Waals surface area contributed by atoms with Crippen molar-refractivity contribution in [2.75, 3.05) is 0 Å². The van der Waals surface area contributed by atoms with Gasteiger partial charge in [-0.15, -0.1) is 19.8 Å². The van der Waals surface area contributed by atoms with Gasteiger partial charge in [-0.2, -0.15) is 0 Å². The van der Waals surface area contributed by atoms with Crippen molar-refractivity contribution in [3.8, 4) is 5.75 Å². The van der Waals surface area contributed by atoms with Crippen LogP contribution in [-0.2, 0) is 0 Å². The largest absolute Gasteiger partial charge is 0.573 e. The summed E-state index contributed by atoms with van der Waals surface area (Å²) >= 11 is 3.11. The molecule has 0 heterocycles. The molecule has 1 unspecified atom stereocenters. The van der Waals surface area contributed by atoms with Gasteiger partial charge in [-0.25, -0.2) is 0 Å². The highest BCUT2D eigenvalue weighted by Gasteiger charge is 2.31. The molecule has 6 heteroatoms. The van der Waals surface area contributed by atoms with Gasteiger partial charge in [0, 0.05) is 10.0 Å². The molecule has 0 aliphatic carbocycles. The summed E-state index contributed by atoms with van der Waals surface area (Å²) in [5.41, 5.74) is 0.261. The van der Waals surface area contributed by atoms with Crippen LogP contribution in [0.4, 0.5) is 13.2 Å². The molecule has 0 saturated heterocycles. The van der Waals surface area contributed by atoms with Crippen LogP contribution in [0, 0.1) is 0 Å². The highest BCUT2D eigenvalue weighted by molar-refractivity contribution is 9.10. The second kappa shape index (κ2) is 4.88. The lowest BCUT2D eigenvalue weighted by molar-refractivity contribution is -0.274. The number of ether oxygens (including phenoxy) is 1. The second-order valence-electron chi connectivity index (χ2n) is 2.91. The van der Waals surface area contributed by atoms with E-state index in [-0.39, 0.29) is 11.3 Å². The maximum atomic E-state index is 11.9. The molecule has 1 aromatic carbocycles. The monoisotopic (exact) mass is 296 g/mol. The second-order valence-corrected chi connectivity index (χ2v) is 3.77. The molecule has 0 aliphatic rings. The summed E-state index contributed by atoms with van der Waals surface area (Å²) in [6.45, 7) is 3.35. The van der Waals surface area contributed by atoms with Gasteiger partial charge in [-0.05, 0) is 18.2 Å². The van der Waals surface area contributed by atoms with Crippen LogP contribution in [0.5, 0.6) is 5.75 Å². The number of hydrogen-bond acceptors (Lipinski definition) is 2. The van der Waals surface area contributed by atoms with Gasteiger partial charge < -0.3 is 9.84 Å². The van der Waals surface area contributed by atoms with Gasteiger partial charge in [0.2, 0.25) is 0 Å². The number of rotatable bonds is 3. The molecular weight excluding hydrogens is 289 g/mol. The Kier molecular flexibility index (Phi) is 3.98. The Morgan fingerprint density at radius 3 is 2.56 bits per heavy atom. The Hall–Kier alpha value is -1.01. The highest BCUT2D eigenvalue weighted by Crippen LogP contribution is 2.30. The Morgan fingerprint density at radius 2 is 2.06 bits per heavy atom. The van der Waals surface area contributed by atoms with Gasteiger partial charge in [-0.1, -0.05) is 22.0 Å². The smallest absolute Gasteiger partial charge is 0.406 e. The summed E-state index contributed by atoms with van der Waals surface area (Å²) in [5, 5.41) is 9.45. The predicted octanol–water partition coefficient (Wildman–Crippen LogP) is 3.57. The van der Waals surface area contributed by atoms with E-state index in [9.17, 15) is 18.3 Å². The van der Waals surface area contributed by atoms with Crippen molar-refractivity contribution in [1.82, 2.24) is 0 Å². The molecule has 1 N–H and O–H groups in total. The Labute approximate surface area is 98.5 Å². The molecule has 0 radical (unpaired) electrons. The fourth-order valence-corrected chi connectivity index (χ4v) is 1.55. The first-order valence-corrected chi connectivity index (χ1v) is 4.98. The van der Waals surface area contributed by atoms with Gasteiger partial charge in [-0.3, -0.25) is 0 Å². The number of halogens is 4. The fourth-order valence-electron chi connectivity index (χ4n) is 1.07. The Bertz CT molecular complexity index is 390. The average molecular weight is 297 g/mol. The minimum absolute atomic E-state index is 0.261. The first-order valence-electron chi connectivity index (χ1n) is 4.19. The van der Waals surface area contributed by atoms with Crippen LogP contribution in [0.1, 0.15) is 11.7 Å². The van der Waals surface area contributed by atoms with Crippen LogP contribution < -0.4 is 4.74 Å². The lowest BCUT2D eigenvalue weighted by atomic mass is 10.1. The summed E-state index contributed by atoms with van der Waals surface area (Å²) in [7, 11) is 0. The SMILES string of the molecule is C=CC(O)c1cc(OC(F)(F)F)ccc1Br. The van der Waals surface area contributed by atoms with Gasteiger partial charge in [0.05, 0.1) is 6.10 Å². The first kappa shape index (κ1) is 13.1. The fraction of sp³-hybridized carbons (Fsp3) is 0.200. The highest BCUT2D eigenvalue weighted by atomic mass is 79.9. The summed E-state index contributed by atoms with van der Waals surface area (Å²) in [6.07, 6.45) is -4.59. The van der Waals surface area contributed by atoms with Crippen molar-refractivity contribution >= 4 is 15.9 Å². The quantitative estimate of drug-likeness (QED) is 0.864. The Morgan fingerprint density at radius 1 is 1.44 bits per heavy atom. The van der Waals surface area contributed by atoms with Crippen LogP contribution in [-0.4, -0.2) is 11.5 Å². The molecule has 1 aromatic rings. The van der Waals surface area contributed by atoms with E-state index in [0.29, 0.717) is 4.47 Å². The number of alkyl halides is 3. The van der Waals surface area contributed by atoms with Crippen LogP contribution in [0.3, 0.4) is 0 Å². The number of hydrogen-bond donors (Lipinski definition) is 1. The van der Waals surface area contributed by atoms with Crippen molar-refractivity contribution in [2.45, 2.75) is 12.5 Å². The number of aliphatic hydroxyl groups is 1. The van der Waals surface area contributed by atoms with Crippen LogP contribution in [0.15, 0.2) is 35.3 Å². The van der Waals surface area contributed by atoms with Crippen molar-refractivity contribution in [3.63, 3.8) is 0 Å². The minimum Gasteiger partial charge on any atom is -0.406 e. The van der Waals surface area contributed by atoms with Gasteiger partial charge in [0.25, 0.3) is 0 Å². The molecule has 88 valence electrons. The third-order valence-corrected chi connectivity index (χ3v) is 2.47. The van der Waals surface area contributed by atoms with E-state index >= 15 is 0 Å². The molecular formula is C10H8BrF3O2. The zero-order chi connectivity index (χ0) is 12.3. The number of benzene rings is 1. The van der Waals surface area contributed by atoms with E-state index < -0.39 is 12.5 Å². The lowest BCUT2D eigenvalue weighted by Crippen LogP contribution is -2.17. The summed E-state index contributed by atoms with van der Waals surface area (Å²) in [4.78, 5) is 0. The van der Waals surface area contributed by atoms with Gasteiger partial charge >= 0.3 is 6.36 Å². The summed E-state index contributed by atoms with van der Waals surface area (Å²) in [5.74, 6) is -0.383. The molecule has 0 saturated carbocycles. The van der Waals surface area contributed by atoms with E-state index in [1.807, 2.05) is 0 Å². The third kappa shape index (κ3) is 3.53. The first-order chi connectivity index (χ1) is 7.33. The maximum Gasteiger partial charge on any atom is 0.573 e. The van der Waals surface area contributed by atoms with Gasteiger partial charge in [0.1, 0.15) is 5.75 Å². The van der Waals surface area contributed by atoms with E-state index in [1.165, 1.54) is 12.1 Å². The molecule has 0 spiro atoms. The van der Waals surface area contributed by atoms with E-state index in [4.69, 9.17) is 0 Å². The molecule has 2 nitrogen and oxygen atoms in total. The van der Waals surface area contributed by atoms with Crippen molar-refractivity contribution in [2.24, 2.45) is 0 Å². The standard InChI is InChI=1S/C10H8BrF3O2/c1-2-9(15)7-5-6(3-4-8(7)11)16-10(12,13)14/h2-5,9,15H,1H2. The predicted molar refractivity (Wildman–Crippen MR) is 56.0 cm³/mol. The zero-order valence-electron chi connectivity index (χ0n) is 7.96. The zero-order valence-corrected chi connectivity index (χ0v) is 9.55. The normalized spacial score (nSPS) is 13.3. The average Bonchev–Trinajstić information content (AvgIpc) is 2.18. The van der Waals surface area contributed by atoms with Crippen molar-refractivity contribution < 1.29 is 23.0 Å². The molecule has 1 rings (SSSR count).